The van der Waals surface area contributed by atoms with Crippen LogP contribution in [0.25, 0.3) is 0 Å². The van der Waals surface area contributed by atoms with E-state index in [-0.39, 0.29) is 0 Å². The highest BCUT2D eigenvalue weighted by Gasteiger charge is 2.37. The van der Waals surface area contributed by atoms with Crippen LogP contribution in [0.1, 0.15) is 33.6 Å². The first-order valence-electron chi connectivity index (χ1n) is 4.60. The van der Waals surface area contributed by atoms with Crippen LogP contribution in [-0.2, 0) is 0 Å². The fourth-order valence-corrected chi connectivity index (χ4v) is 2.27. The summed E-state index contributed by atoms with van der Waals surface area (Å²) in [6, 6.07) is 2.45. The molecule has 62 valence electrons. The van der Waals surface area contributed by atoms with Gasteiger partial charge in [0.2, 0.25) is 0 Å². The van der Waals surface area contributed by atoms with Crippen molar-refractivity contribution in [2.24, 2.45) is 23.7 Å². The Kier molecular flexibility index (Phi) is 2.54. The van der Waals surface area contributed by atoms with E-state index >= 15 is 0 Å². The minimum Gasteiger partial charge on any atom is -0.198 e. The van der Waals surface area contributed by atoms with E-state index in [0.717, 1.165) is 5.92 Å². The molecule has 0 aromatic heterocycles. The van der Waals surface area contributed by atoms with Crippen molar-refractivity contribution in [3.63, 3.8) is 0 Å². The first-order chi connectivity index (χ1) is 5.20. The summed E-state index contributed by atoms with van der Waals surface area (Å²) in [5, 5.41) is 8.91. The molecule has 0 N–H and O–H groups in total. The van der Waals surface area contributed by atoms with Crippen molar-refractivity contribution < 1.29 is 0 Å². The third-order valence-corrected chi connectivity index (χ3v) is 3.32. The predicted octanol–water partition coefficient (Wildman–Crippen LogP) is 2.83. The van der Waals surface area contributed by atoms with E-state index in [0.29, 0.717) is 17.8 Å². The molecule has 1 aliphatic rings. The van der Waals surface area contributed by atoms with Crippen molar-refractivity contribution in [2.45, 2.75) is 33.6 Å². The summed E-state index contributed by atoms with van der Waals surface area (Å²) in [5.74, 6) is 2.37. The fraction of sp³-hybridized carbons (Fsp3) is 0.900. The van der Waals surface area contributed by atoms with Gasteiger partial charge in [0.25, 0.3) is 0 Å². The smallest absolute Gasteiger partial charge is 0.0661 e. The Morgan fingerprint density at radius 1 is 1.45 bits per heavy atom. The van der Waals surface area contributed by atoms with Crippen LogP contribution >= 0.6 is 0 Å². The van der Waals surface area contributed by atoms with Crippen LogP contribution in [0.2, 0.25) is 0 Å². The van der Waals surface area contributed by atoms with Gasteiger partial charge < -0.3 is 0 Å². The van der Waals surface area contributed by atoms with E-state index in [4.69, 9.17) is 5.26 Å². The van der Waals surface area contributed by atoms with Crippen molar-refractivity contribution in [2.75, 3.05) is 0 Å². The largest absolute Gasteiger partial charge is 0.198 e. The van der Waals surface area contributed by atoms with Gasteiger partial charge in [-0.3, -0.25) is 0 Å². The third-order valence-electron chi connectivity index (χ3n) is 3.32. The van der Waals surface area contributed by atoms with E-state index in [1.807, 2.05) is 0 Å². The van der Waals surface area contributed by atoms with Crippen LogP contribution in [0.4, 0.5) is 0 Å². The molecule has 4 atom stereocenters. The fourth-order valence-electron chi connectivity index (χ4n) is 2.27. The average Bonchev–Trinajstić information content (AvgIpc) is 2.28. The van der Waals surface area contributed by atoms with Gasteiger partial charge in [-0.25, -0.2) is 0 Å². The lowest BCUT2D eigenvalue weighted by Crippen LogP contribution is -2.11. The summed E-state index contributed by atoms with van der Waals surface area (Å²) in [7, 11) is 0. The Balaban J connectivity index is 2.66. The third kappa shape index (κ3) is 1.40. The van der Waals surface area contributed by atoms with Crippen LogP contribution < -0.4 is 0 Å². The van der Waals surface area contributed by atoms with Gasteiger partial charge >= 0.3 is 0 Å². The highest BCUT2D eigenvalue weighted by molar-refractivity contribution is 4.98. The molecule has 1 aliphatic carbocycles. The Labute approximate surface area is 69.4 Å². The highest BCUT2D eigenvalue weighted by atomic mass is 14.4. The summed E-state index contributed by atoms with van der Waals surface area (Å²) in [5.41, 5.74) is 0. The molecule has 0 heterocycles. The topological polar surface area (TPSA) is 23.8 Å². The lowest BCUT2D eigenvalue weighted by atomic mass is 9.89. The summed E-state index contributed by atoms with van der Waals surface area (Å²) >= 11 is 0. The molecule has 1 heteroatoms. The Hall–Kier alpha value is -0.510. The normalized spacial score (nSPS) is 43.8. The van der Waals surface area contributed by atoms with E-state index in [2.05, 4.69) is 26.8 Å². The van der Waals surface area contributed by atoms with Crippen LogP contribution in [0, 0.1) is 35.0 Å². The van der Waals surface area contributed by atoms with Gasteiger partial charge in [-0.1, -0.05) is 27.2 Å². The number of nitriles is 1. The van der Waals surface area contributed by atoms with Crippen LogP contribution in [0.5, 0.6) is 0 Å². The minimum absolute atomic E-state index is 0.329. The molecule has 0 amide bonds. The average molecular weight is 151 g/mol. The zero-order valence-corrected chi connectivity index (χ0v) is 7.67. The van der Waals surface area contributed by atoms with Crippen LogP contribution in [-0.4, -0.2) is 0 Å². The van der Waals surface area contributed by atoms with Gasteiger partial charge in [-0.2, -0.15) is 5.26 Å². The second-order valence-corrected chi connectivity index (χ2v) is 3.90. The van der Waals surface area contributed by atoms with Gasteiger partial charge in [0.1, 0.15) is 0 Å². The Bertz CT molecular complexity index is 168. The molecule has 0 spiro atoms. The molecule has 1 nitrogen and oxygen atoms in total. The second kappa shape index (κ2) is 3.26. The summed E-state index contributed by atoms with van der Waals surface area (Å²) in [6.45, 7) is 6.68. The molecule has 0 bridgehead atoms. The molecule has 1 saturated carbocycles. The lowest BCUT2D eigenvalue weighted by Gasteiger charge is -2.13. The van der Waals surface area contributed by atoms with Gasteiger partial charge in [-0.05, 0) is 24.2 Å². The van der Waals surface area contributed by atoms with Crippen molar-refractivity contribution >= 4 is 0 Å². The predicted molar refractivity (Wildman–Crippen MR) is 45.8 cm³/mol. The maximum atomic E-state index is 8.91. The first-order valence-corrected chi connectivity index (χ1v) is 4.60. The maximum absolute atomic E-state index is 8.91. The van der Waals surface area contributed by atoms with Crippen molar-refractivity contribution in [3.05, 3.63) is 0 Å². The van der Waals surface area contributed by atoms with Crippen molar-refractivity contribution in [1.82, 2.24) is 0 Å². The SMILES string of the molecule is CCC1CC(C)C(C)C1C#N. The highest BCUT2D eigenvalue weighted by Crippen LogP contribution is 2.42. The van der Waals surface area contributed by atoms with Crippen molar-refractivity contribution in [1.29, 1.82) is 5.26 Å². The minimum atomic E-state index is 0.329. The zero-order valence-electron chi connectivity index (χ0n) is 7.67. The molecule has 0 aliphatic heterocycles. The zero-order chi connectivity index (χ0) is 8.43. The molecule has 0 saturated heterocycles. The molecule has 1 rings (SSSR count). The maximum Gasteiger partial charge on any atom is 0.0661 e. The Morgan fingerprint density at radius 2 is 2.09 bits per heavy atom. The molecule has 4 unspecified atom stereocenters. The monoisotopic (exact) mass is 151 g/mol. The summed E-state index contributed by atoms with van der Waals surface area (Å²) in [6.07, 6.45) is 2.43. The van der Waals surface area contributed by atoms with Crippen LogP contribution in [0.3, 0.4) is 0 Å². The van der Waals surface area contributed by atoms with Crippen LogP contribution in [0.15, 0.2) is 0 Å². The number of hydrogen-bond donors (Lipinski definition) is 0. The molecule has 0 aromatic carbocycles. The standard InChI is InChI=1S/C10H17N/c1-4-9-5-7(2)8(3)10(9)6-11/h7-10H,4-5H2,1-3H3. The summed E-state index contributed by atoms with van der Waals surface area (Å²) < 4.78 is 0. The molecule has 0 radical (unpaired) electrons. The van der Waals surface area contributed by atoms with Crippen molar-refractivity contribution in [3.8, 4) is 6.07 Å². The van der Waals surface area contributed by atoms with Gasteiger partial charge in [-0.15, -0.1) is 0 Å². The van der Waals surface area contributed by atoms with E-state index < -0.39 is 0 Å². The lowest BCUT2D eigenvalue weighted by molar-refractivity contribution is 0.381. The van der Waals surface area contributed by atoms with E-state index in [1.54, 1.807) is 0 Å². The molecule has 11 heavy (non-hydrogen) atoms. The number of hydrogen-bond acceptors (Lipinski definition) is 1. The second-order valence-electron chi connectivity index (χ2n) is 3.90. The Morgan fingerprint density at radius 3 is 2.45 bits per heavy atom. The first kappa shape index (κ1) is 8.59. The van der Waals surface area contributed by atoms with Gasteiger partial charge in [0, 0.05) is 0 Å². The molecular weight excluding hydrogens is 134 g/mol. The number of rotatable bonds is 1. The number of nitrogens with zero attached hydrogens (tertiary/aromatic N) is 1. The summed E-state index contributed by atoms with van der Waals surface area (Å²) in [4.78, 5) is 0. The van der Waals surface area contributed by atoms with Gasteiger partial charge in [0.05, 0.1) is 12.0 Å². The molecule has 0 aromatic rings. The van der Waals surface area contributed by atoms with E-state index in [1.165, 1.54) is 12.8 Å². The van der Waals surface area contributed by atoms with E-state index in [9.17, 15) is 0 Å². The molecule has 1 fully saturated rings. The quantitative estimate of drug-likeness (QED) is 0.565. The van der Waals surface area contributed by atoms with Gasteiger partial charge in [0.15, 0.2) is 0 Å². The molecular formula is C10H17N.